The summed E-state index contributed by atoms with van der Waals surface area (Å²) in [6.45, 7) is 1.41. The van der Waals surface area contributed by atoms with Crippen molar-refractivity contribution in [3.05, 3.63) is 34.9 Å². The summed E-state index contributed by atoms with van der Waals surface area (Å²) in [4.78, 5) is 23.1. The first kappa shape index (κ1) is 13.6. The third-order valence-electron chi connectivity index (χ3n) is 3.83. The number of carbonyl (C=O) groups excluding carboxylic acids is 1. The smallest absolute Gasteiger partial charge is 0.323 e. The topological polar surface area (TPSA) is 63.6 Å². The monoisotopic (exact) mass is 262 g/mol. The van der Waals surface area contributed by atoms with Gasteiger partial charge in [0, 0.05) is 0 Å². The van der Waals surface area contributed by atoms with E-state index in [4.69, 9.17) is 0 Å². The van der Waals surface area contributed by atoms with Crippen molar-refractivity contribution in [2.75, 3.05) is 7.11 Å². The number of carboxylic acids is 1. The van der Waals surface area contributed by atoms with Gasteiger partial charge in [-0.1, -0.05) is 18.2 Å². The zero-order valence-corrected chi connectivity index (χ0v) is 11.2. The van der Waals surface area contributed by atoms with E-state index in [-0.39, 0.29) is 6.42 Å². The van der Waals surface area contributed by atoms with Gasteiger partial charge in [0.15, 0.2) is 5.41 Å². The van der Waals surface area contributed by atoms with Crippen molar-refractivity contribution >= 4 is 11.9 Å². The van der Waals surface area contributed by atoms with Gasteiger partial charge in [0.25, 0.3) is 0 Å². The van der Waals surface area contributed by atoms with Crippen LogP contribution in [0.25, 0.3) is 0 Å². The average Bonchev–Trinajstić information content (AvgIpc) is 2.84. The van der Waals surface area contributed by atoms with Crippen LogP contribution in [0.3, 0.4) is 0 Å². The second-order valence-electron chi connectivity index (χ2n) is 5.26. The largest absolute Gasteiger partial charge is 0.480 e. The molecule has 19 heavy (non-hydrogen) atoms. The molecule has 0 amide bonds. The van der Waals surface area contributed by atoms with Gasteiger partial charge in [0.1, 0.15) is 0 Å². The number of benzene rings is 1. The normalized spacial score (nSPS) is 16.5. The lowest BCUT2D eigenvalue weighted by Crippen LogP contribution is -2.39. The Labute approximate surface area is 112 Å². The minimum Gasteiger partial charge on any atom is -0.480 e. The Kier molecular flexibility index (Phi) is 3.60. The number of carboxylic acid groups (broad SMARTS) is 1. The molecule has 1 aromatic rings. The van der Waals surface area contributed by atoms with Gasteiger partial charge in [-0.15, -0.1) is 0 Å². The van der Waals surface area contributed by atoms with Crippen LogP contribution in [-0.4, -0.2) is 24.2 Å². The van der Waals surface area contributed by atoms with Crippen LogP contribution in [0.15, 0.2) is 18.2 Å². The third kappa shape index (κ3) is 2.48. The minimum absolute atomic E-state index is 0.155. The predicted octanol–water partition coefficient (Wildman–Crippen LogP) is 1.98. The molecule has 1 unspecified atom stereocenters. The molecule has 1 aliphatic rings. The molecule has 1 N–H and O–H groups in total. The molecule has 0 bridgehead atoms. The SMILES string of the molecule is COC(=O)C(C)(Cc1ccc2c(c1)CCC2)C(=O)O. The number of hydrogen-bond acceptors (Lipinski definition) is 3. The predicted molar refractivity (Wildman–Crippen MR) is 69.9 cm³/mol. The van der Waals surface area contributed by atoms with E-state index >= 15 is 0 Å². The fraction of sp³-hybridized carbons (Fsp3) is 0.467. The molecule has 1 aliphatic carbocycles. The molecule has 0 radical (unpaired) electrons. The van der Waals surface area contributed by atoms with E-state index in [1.54, 1.807) is 0 Å². The van der Waals surface area contributed by atoms with E-state index in [0.29, 0.717) is 0 Å². The van der Waals surface area contributed by atoms with Crippen molar-refractivity contribution in [3.8, 4) is 0 Å². The second kappa shape index (κ2) is 5.03. The van der Waals surface area contributed by atoms with Crippen LogP contribution in [0.1, 0.15) is 30.0 Å². The highest BCUT2D eigenvalue weighted by atomic mass is 16.5. The molecule has 2 rings (SSSR count). The number of aliphatic carboxylic acids is 1. The molecular weight excluding hydrogens is 244 g/mol. The van der Waals surface area contributed by atoms with Crippen LogP contribution in [-0.2, 0) is 33.6 Å². The maximum atomic E-state index is 11.7. The quantitative estimate of drug-likeness (QED) is 0.665. The molecular formula is C15H18O4. The Balaban J connectivity index is 2.27. The van der Waals surface area contributed by atoms with Crippen LogP contribution in [0.5, 0.6) is 0 Å². The maximum Gasteiger partial charge on any atom is 0.323 e. The zero-order valence-electron chi connectivity index (χ0n) is 11.2. The summed E-state index contributed by atoms with van der Waals surface area (Å²) in [5.74, 6) is -1.86. The third-order valence-corrected chi connectivity index (χ3v) is 3.83. The summed E-state index contributed by atoms with van der Waals surface area (Å²) in [6, 6.07) is 5.97. The Hall–Kier alpha value is -1.84. The van der Waals surface area contributed by atoms with Gasteiger partial charge in [0.2, 0.25) is 0 Å². The fourth-order valence-electron chi connectivity index (χ4n) is 2.60. The number of fused-ring (bicyclic) bond motifs is 1. The number of rotatable bonds is 4. The van der Waals surface area contributed by atoms with Crippen molar-refractivity contribution < 1.29 is 19.4 Å². The number of methoxy groups -OCH3 is 1. The first-order valence-electron chi connectivity index (χ1n) is 6.40. The molecule has 0 heterocycles. The second-order valence-corrected chi connectivity index (χ2v) is 5.26. The van der Waals surface area contributed by atoms with Gasteiger partial charge in [-0.25, -0.2) is 0 Å². The van der Waals surface area contributed by atoms with Crippen LogP contribution in [0, 0.1) is 5.41 Å². The average molecular weight is 262 g/mol. The van der Waals surface area contributed by atoms with Crippen molar-refractivity contribution in [1.82, 2.24) is 0 Å². The molecule has 0 fully saturated rings. The first-order valence-corrected chi connectivity index (χ1v) is 6.40. The lowest BCUT2D eigenvalue weighted by Gasteiger charge is -2.22. The fourth-order valence-corrected chi connectivity index (χ4v) is 2.60. The van der Waals surface area contributed by atoms with Gasteiger partial charge in [-0.2, -0.15) is 0 Å². The Morgan fingerprint density at radius 2 is 2.00 bits per heavy atom. The molecule has 1 atom stereocenters. The van der Waals surface area contributed by atoms with E-state index in [1.165, 1.54) is 25.2 Å². The highest BCUT2D eigenvalue weighted by Crippen LogP contribution is 2.28. The van der Waals surface area contributed by atoms with Crippen molar-refractivity contribution in [1.29, 1.82) is 0 Å². The van der Waals surface area contributed by atoms with Gasteiger partial charge in [-0.05, 0) is 49.3 Å². The maximum absolute atomic E-state index is 11.7. The number of esters is 1. The van der Waals surface area contributed by atoms with Gasteiger partial charge in [0.05, 0.1) is 7.11 Å². The van der Waals surface area contributed by atoms with E-state index in [0.717, 1.165) is 24.8 Å². The van der Waals surface area contributed by atoms with Gasteiger partial charge in [-0.3, -0.25) is 9.59 Å². The summed E-state index contributed by atoms with van der Waals surface area (Å²) >= 11 is 0. The number of aryl methyl sites for hydroxylation is 2. The van der Waals surface area contributed by atoms with E-state index in [9.17, 15) is 14.7 Å². The summed E-state index contributed by atoms with van der Waals surface area (Å²) in [7, 11) is 1.21. The Bertz CT molecular complexity index is 521. The Morgan fingerprint density at radius 3 is 2.63 bits per heavy atom. The van der Waals surface area contributed by atoms with Crippen LogP contribution in [0.4, 0.5) is 0 Å². The molecule has 0 saturated carbocycles. The van der Waals surface area contributed by atoms with E-state index in [2.05, 4.69) is 4.74 Å². The van der Waals surface area contributed by atoms with Crippen LogP contribution >= 0.6 is 0 Å². The van der Waals surface area contributed by atoms with Gasteiger partial charge >= 0.3 is 11.9 Å². The zero-order chi connectivity index (χ0) is 14.0. The minimum atomic E-state index is -1.53. The molecule has 4 nitrogen and oxygen atoms in total. The van der Waals surface area contributed by atoms with Crippen molar-refractivity contribution in [3.63, 3.8) is 0 Å². The standard InChI is InChI=1S/C15H18O4/c1-15(13(16)17,14(18)19-2)9-10-6-7-11-4-3-5-12(11)8-10/h6-8H,3-5,9H2,1-2H3,(H,16,17). The summed E-state index contributed by atoms with van der Waals surface area (Å²) < 4.78 is 4.62. The first-order chi connectivity index (χ1) is 8.97. The highest BCUT2D eigenvalue weighted by Gasteiger charge is 2.42. The lowest BCUT2D eigenvalue weighted by atomic mass is 9.83. The van der Waals surface area contributed by atoms with Crippen molar-refractivity contribution in [2.24, 2.45) is 5.41 Å². The van der Waals surface area contributed by atoms with E-state index in [1.807, 2.05) is 18.2 Å². The number of hydrogen-bond donors (Lipinski definition) is 1. The van der Waals surface area contributed by atoms with Crippen LogP contribution < -0.4 is 0 Å². The Morgan fingerprint density at radius 1 is 1.32 bits per heavy atom. The number of carbonyl (C=O) groups is 2. The molecule has 0 aliphatic heterocycles. The van der Waals surface area contributed by atoms with Crippen molar-refractivity contribution in [2.45, 2.75) is 32.6 Å². The molecule has 102 valence electrons. The summed E-state index contributed by atoms with van der Waals surface area (Å²) in [5.41, 5.74) is 1.95. The molecule has 0 aromatic heterocycles. The summed E-state index contributed by atoms with van der Waals surface area (Å²) in [6.07, 6.45) is 3.42. The number of ether oxygens (including phenoxy) is 1. The summed E-state index contributed by atoms with van der Waals surface area (Å²) in [5, 5.41) is 9.29. The molecule has 0 saturated heterocycles. The highest BCUT2D eigenvalue weighted by molar-refractivity contribution is 5.98. The molecule has 1 aromatic carbocycles. The lowest BCUT2D eigenvalue weighted by molar-refractivity contribution is -0.165. The van der Waals surface area contributed by atoms with Gasteiger partial charge < -0.3 is 9.84 Å². The van der Waals surface area contributed by atoms with E-state index < -0.39 is 17.4 Å². The molecule has 4 heteroatoms. The van der Waals surface area contributed by atoms with Crippen LogP contribution in [0.2, 0.25) is 0 Å². The molecule has 0 spiro atoms.